The molecular formula is C6H8N6O5. The highest BCUT2D eigenvalue weighted by Gasteiger charge is 2.02. The third-order valence-electron chi connectivity index (χ3n) is 1.24. The third kappa shape index (κ3) is 4.48. The van der Waals surface area contributed by atoms with Gasteiger partial charge in [-0.3, -0.25) is 10.2 Å². The van der Waals surface area contributed by atoms with Gasteiger partial charge in [-0.25, -0.2) is 19.6 Å². The van der Waals surface area contributed by atoms with E-state index >= 15 is 0 Å². The smallest absolute Gasteiger partial charge is 0.373 e. The van der Waals surface area contributed by atoms with Crippen LogP contribution in [0.25, 0.3) is 0 Å². The number of aromatic carboxylic acids is 2. The normalized spacial score (nSPS) is 8.47. The van der Waals surface area contributed by atoms with Crippen molar-refractivity contribution in [3.63, 3.8) is 0 Å². The lowest BCUT2D eigenvalue weighted by Gasteiger charge is -1.77. The number of hydrogen-bond acceptors (Lipinski definition) is 6. The molecule has 0 saturated heterocycles. The first-order valence-electron chi connectivity index (χ1n) is 3.78. The van der Waals surface area contributed by atoms with Crippen LogP contribution in [0.3, 0.4) is 0 Å². The molecule has 0 atom stereocenters. The number of hydrogen-bond donors (Lipinski definition) is 4. The molecule has 0 fully saturated rings. The first-order valence-corrected chi connectivity index (χ1v) is 3.78. The van der Waals surface area contributed by atoms with Gasteiger partial charge in [0.15, 0.2) is 0 Å². The minimum Gasteiger partial charge on any atom is -0.475 e. The summed E-state index contributed by atoms with van der Waals surface area (Å²) >= 11 is 0. The Bertz CT molecular complexity index is 407. The second kappa shape index (κ2) is 6.62. The Kier molecular flexibility index (Phi) is 5.53. The van der Waals surface area contributed by atoms with Crippen molar-refractivity contribution in [2.75, 3.05) is 0 Å². The van der Waals surface area contributed by atoms with Crippen molar-refractivity contribution in [1.29, 1.82) is 0 Å². The molecule has 0 bridgehead atoms. The van der Waals surface area contributed by atoms with E-state index in [4.69, 9.17) is 10.2 Å². The Balaban J connectivity index is 0.000000284. The second-order valence-electron chi connectivity index (χ2n) is 2.28. The summed E-state index contributed by atoms with van der Waals surface area (Å²) in [7, 11) is 0. The molecule has 0 aromatic carbocycles. The zero-order valence-corrected chi connectivity index (χ0v) is 8.15. The summed E-state index contributed by atoms with van der Waals surface area (Å²) < 4.78 is 0. The first kappa shape index (κ1) is 14.2. The van der Waals surface area contributed by atoms with Crippen molar-refractivity contribution in [3.8, 4) is 0 Å². The van der Waals surface area contributed by atoms with Gasteiger partial charge in [-0.05, 0) is 0 Å². The second-order valence-corrected chi connectivity index (χ2v) is 2.28. The molecule has 0 amide bonds. The van der Waals surface area contributed by atoms with E-state index in [-0.39, 0.29) is 17.1 Å². The summed E-state index contributed by atoms with van der Waals surface area (Å²) in [5.74, 6) is -2.46. The molecule has 0 aliphatic rings. The summed E-state index contributed by atoms with van der Waals surface area (Å²) in [6.45, 7) is 0. The maximum atomic E-state index is 9.93. The number of carbonyl (C=O) groups is 2. The molecule has 2 rings (SSSR count). The molecule has 0 radical (unpaired) electrons. The highest BCUT2D eigenvalue weighted by Crippen LogP contribution is 1.81. The minimum atomic E-state index is -1.09. The molecule has 6 N–H and O–H groups in total. The van der Waals surface area contributed by atoms with Gasteiger partial charge in [0, 0.05) is 0 Å². The Morgan fingerprint density at radius 2 is 1.29 bits per heavy atom. The van der Waals surface area contributed by atoms with Crippen molar-refractivity contribution in [3.05, 3.63) is 24.3 Å². The predicted octanol–water partition coefficient (Wildman–Crippen LogP) is -1.82. The van der Waals surface area contributed by atoms with Crippen molar-refractivity contribution in [2.24, 2.45) is 0 Å². The third-order valence-corrected chi connectivity index (χ3v) is 1.24. The van der Waals surface area contributed by atoms with Crippen LogP contribution in [-0.2, 0) is 0 Å². The van der Waals surface area contributed by atoms with E-state index in [1.165, 1.54) is 0 Å². The van der Waals surface area contributed by atoms with Crippen molar-refractivity contribution < 1.29 is 25.3 Å². The standard InChI is InChI=1S/2C3H3N3O2.H2O/c2*7-3(8)2-4-1-5-6-2;/h2*1H,(H,7,8)(H,4,5,6);1H2. The molecule has 2 heterocycles. The minimum absolute atomic E-state index is 0. The van der Waals surface area contributed by atoms with Gasteiger partial charge in [0.2, 0.25) is 11.6 Å². The first-order chi connectivity index (χ1) is 7.61. The van der Waals surface area contributed by atoms with Gasteiger partial charge in [0.05, 0.1) is 0 Å². The number of rotatable bonds is 2. The van der Waals surface area contributed by atoms with Crippen molar-refractivity contribution in [1.82, 2.24) is 30.4 Å². The molecule has 0 aliphatic heterocycles. The van der Waals surface area contributed by atoms with Crippen LogP contribution >= 0.6 is 0 Å². The number of H-pyrrole nitrogens is 2. The topological polar surface area (TPSA) is 189 Å². The van der Waals surface area contributed by atoms with E-state index in [1.54, 1.807) is 0 Å². The molecule has 0 saturated carbocycles. The number of carboxylic acid groups (broad SMARTS) is 2. The average Bonchev–Trinajstić information content (AvgIpc) is 2.93. The molecule has 17 heavy (non-hydrogen) atoms. The number of nitrogens with one attached hydrogen (secondary N) is 2. The van der Waals surface area contributed by atoms with Crippen LogP contribution in [0.1, 0.15) is 21.2 Å². The van der Waals surface area contributed by atoms with Crippen LogP contribution in [0, 0.1) is 0 Å². The van der Waals surface area contributed by atoms with Gasteiger partial charge in [-0.1, -0.05) is 0 Å². The molecule has 11 heteroatoms. The summed E-state index contributed by atoms with van der Waals surface area (Å²) in [6, 6.07) is 0. The lowest BCUT2D eigenvalue weighted by molar-refractivity contribution is 0.0673. The van der Waals surface area contributed by atoms with E-state index in [1.807, 2.05) is 0 Å². The van der Waals surface area contributed by atoms with E-state index in [9.17, 15) is 9.59 Å². The summed E-state index contributed by atoms with van der Waals surface area (Å²) in [5, 5.41) is 27.3. The van der Waals surface area contributed by atoms with Crippen molar-refractivity contribution >= 4 is 11.9 Å². The number of nitrogens with zero attached hydrogens (tertiary/aromatic N) is 4. The fraction of sp³-hybridized carbons (Fsp3) is 0. The van der Waals surface area contributed by atoms with E-state index in [0.29, 0.717) is 0 Å². The number of carboxylic acids is 2. The Hall–Kier alpha value is -2.82. The predicted molar refractivity (Wildman–Crippen MR) is 50.3 cm³/mol. The van der Waals surface area contributed by atoms with E-state index < -0.39 is 11.9 Å². The van der Waals surface area contributed by atoms with Crippen LogP contribution in [0.2, 0.25) is 0 Å². The molecule has 0 unspecified atom stereocenters. The molecular weight excluding hydrogens is 236 g/mol. The SMILES string of the molecule is O.O=C(O)c1ncn[nH]1.O=C(O)c1ncn[nH]1. The van der Waals surface area contributed by atoms with Crippen molar-refractivity contribution in [2.45, 2.75) is 0 Å². The van der Waals surface area contributed by atoms with Gasteiger partial charge in [-0.2, -0.15) is 10.2 Å². The van der Waals surface area contributed by atoms with Crippen LogP contribution < -0.4 is 0 Å². The zero-order chi connectivity index (χ0) is 12.0. The fourth-order valence-electron chi connectivity index (χ4n) is 0.617. The maximum absolute atomic E-state index is 9.93. The monoisotopic (exact) mass is 244 g/mol. The molecule has 2 aromatic rings. The van der Waals surface area contributed by atoms with Crippen LogP contribution in [0.4, 0.5) is 0 Å². The van der Waals surface area contributed by atoms with E-state index in [2.05, 4.69) is 30.4 Å². The van der Waals surface area contributed by atoms with Gasteiger partial charge in [0.1, 0.15) is 12.7 Å². The van der Waals surface area contributed by atoms with Crippen LogP contribution in [0.5, 0.6) is 0 Å². The Morgan fingerprint density at radius 3 is 1.41 bits per heavy atom. The lowest BCUT2D eigenvalue weighted by Crippen LogP contribution is -1.97. The molecule has 2 aromatic heterocycles. The summed E-state index contributed by atoms with van der Waals surface area (Å²) in [4.78, 5) is 26.6. The summed E-state index contributed by atoms with van der Waals surface area (Å²) in [6.07, 6.45) is 2.28. The molecule has 0 aliphatic carbocycles. The van der Waals surface area contributed by atoms with Gasteiger partial charge >= 0.3 is 11.9 Å². The van der Waals surface area contributed by atoms with E-state index in [0.717, 1.165) is 12.7 Å². The van der Waals surface area contributed by atoms with Gasteiger partial charge in [0.25, 0.3) is 0 Å². The van der Waals surface area contributed by atoms with Gasteiger partial charge < -0.3 is 15.7 Å². The van der Waals surface area contributed by atoms with Crippen LogP contribution in [-0.4, -0.2) is 58.0 Å². The quantitative estimate of drug-likeness (QED) is 0.474. The zero-order valence-electron chi connectivity index (χ0n) is 8.15. The van der Waals surface area contributed by atoms with Gasteiger partial charge in [-0.15, -0.1) is 0 Å². The maximum Gasteiger partial charge on any atom is 0.373 e. The fourth-order valence-corrected chi connectivity index (χ4v) is 0.617. The lowest BCUT2D eigenvalue weighted by atomic mass is 10.7. The highest BCUT2D eigenvalue weighted by molar-refractivity contribution is 5.83. The molecule has 11 nitrogen and oxygen atoms in total. The Labute approximate surface area is 92.9 Å². The highest BCUT2D eigenvalue weighted by atomic mass is 16.4. The van der Waals surface area contributed by atoms with Crippen LogP contribution in [0.15, 0.2) is 12.7 Å². The number of aromatic nitrogens is 6. The average molecular weight is 244 g/mol. The largest absolute Gasteiger partial charge is 0.475 e. The molecule has 92 valence electrons. The molecule has 0 spiro atoms. The Morgan fingerprint density at radius 1 is 0.941 bits per heavy atom. The number of aromatic amines is 2. The summed E-state index contributed by atoms with van der Waals surface area (Å²) in [5.41, 5.74) is 0.